The van der Waals surface area contributed by atoms with Gasteiger partial charge in [-0.05, 0) is 18.6 Å². The molecule has 5 nitrogen and oxygen atoms in total. The second-order valence-corrected chi connectivity index (χ2v) is 3.15. The third-order valence-electron chi connectivity index (χ3n) is 1.63. The number of rotatable bonds is 4. The largest absolute Gasteiger partial charge is 0.504 e. The predicted molar refractivity (Wildman–Crippen MR) is 55.1 cm³/mol. The molecule has 0 unspecified atom stereocenters. The van der Waals surface area contributed by atoms with Crippen molar-refractivity contribution >= 4 is 5.69 Å². The highest BCUT2D eigenvalue weighted by molar-refractivity contribution is 5.47. The second-order valence-electron chi connectivity index (χ2n) is 3.15. The summed E-state index contributed by atoms with van der Waals surface area (Å²) in [5.41, 5.74) is 0.644. The van der Waals surface area contributed by atoms with Crippen LogP contribution in [0.2, 0.25) is 0 Å². The van der Waals surface area contributed by atoms with Crippen LogP contribution in [0.15, 0.2) is 30.4 Å². The molecule has 0 radical (unpaired) electrons. The van der Waals surface area contributed by atoms with Gasteiger partial charge in [0.05, 0.1) is 11.0 Å². The number of non-ortho nitro benzene ring substituents is 1. The van der Waals surface area contributed by atoms with Crippen LogP contribution in [0.25, 0.3) is 0 Å². The molecular formula is C10H11NO4. The molecule has 0 saturated carbocycles. The lowest BCUT2D eigenvalue weighted by Crippen LogP contribution is -1.98. The fourth-order valence-corrected chi connectivity index (χ4v) is 0.933. The normalized spacial score (nSPS) is 9.67. The van der Waals surface area contributed by atoms with Crippen molar-refractivity contribution in [2.24, 2.45) is 0 Å². The molecule has 1 aromatic carbocycles. The van der Waals surface area contributed by atoms with Gasteiger partial charge in [0.25, 0.3) is 5.69 Å². The van der Waals surface area contributed by atoms with E-state index in [1.54, 1.807) is 6.92 Å². The summed E-state index contributed by atoms with van der Waals surface area (Å²) in [6.45, 7) is 5.59. The van der Waals surface area contributed by atoms with Gasteiger partial charge < -0.3 is 9.84 Å². The van der Waals surface area contributed by atoms with Gasteiger partial charge in [-0.15, -0.1) is 0 Å². The Kier molecular flexibility index (Phi) is 3.28. The fourth-order valence-electron chi connectivity index (χ4n) is 0.933. The Hall–Kier alpha value is -2.04. The van der Waals surface area contributed by atoms with Gasteiger partial charge in [-0.25, -0.2) is 0 Å². The summed E-state index contributed by atoms with van der Waals surface area (Å²) in [5, 5.41) is 19.8. The number of ether oxygens (including phenoxy) is 1. The lowest BCUT2D eigenvalue weighted by atomic mass is 10.3. The minimum atomic E-state index is -0.549. The number of hydrogen-bond acceptors (Lipinski definition) is 4. The maximum atomic E-state index is 10.5. The van der Waals surface area contributed by atoms with Crippen LogP contribution in [0.5, 0.6) is 11.5 Å². The van der Waals surface area contributed by atoms with Gasteiger partial charge >= 0.3 is 0 Å². The number of nitrogens with zero attached hydrogens (tertiary/aromatic N) is 1. The molecule has 0 aliphatic carbocycles. The Balaban J connectivity index is 2.90. The Labute approximate surface area is 86.8 Å². The molecule has 0 heterocycles. The molecule has 0 bridgehead atoms. The number of nitro benzene ring substituents is 1. The van der Waals surface area contributed by atoms with Crippen molar-refractivity contribution in [1.82, 2.24) is 0 Å². The number of benzene rings is 1. The molecule has 0 amide bonds. The average Bonchev–Trinajstić information content (AvgIpc) is 2.16. The summed E-state index contributed by atoms with van der Waals surface area (Å²) < 4.78 is 5.14. The van der Waals surface area contributed by atoms with E-state index in [0.29, 0.717) is 0 Å². The summed E-state index contributed by atoms with van der Waals surface area (Å²) in [4.78, 5) is 9.90. The first-order chi connectivity index (χ1) is 7.00. The van der Waals surface area contributed by atoms with Gasteiger partial charge in [0.2, 0.25) is 0 Å². The minimum absolute atomic E-state index is 0.0900. The zero-order chi connectivity index (χ0) is 11.4. The third kappa shape index (κ3) is 2.98. The molecule has 0 saturated heterocycles. The van der Waals surface area contributed by atoms with E-state index in [0.717, 1.165) is 5.57 Å². The number of phenols is 1. The average molecular weight is 209 g/mol. The SMILES string of the molecule is C=C(C)COc1cc([N+](=O)[O-])ccc1O. The molecule has 0 atom stereocenters. The molecule has 1 N–H and O–H groups in total. The van der Waals surface area contributed by atoms with E-state index in [2.05, 4.69) is 6.58 Å². The zero-order valence-electron chi connectivity index (χ0n) is 8.27. The highest BCUT2D eigenvalue weighted by Gasteiger charge is 2.10. The number of nitro groups is 1. The van der Waals surface area contributed by atoms with Gasteiger partial charge in [-0.2, -0.15) is 0 Å². The molecular weight excluding hydrogens is 198 g/mol. The number of aromatic hydroxyl groups is 1. The van der Waals surface area contributed by atoms with E-state index in [1.165, 1.54) is 18.2 Å². The van der Waals surface area contributed by atoms with Crippen LogP contribution in [0.3, 0.4) is 0 Å². The molecule has 1 aromatic rings. The monoisotopic (exact) mass is 209 g/mol. The van der Waals surface area contributed by atoms with Crippen molar-refractivity contribution in [3.63, 3.8) is 0 Å². The number of hydrogen-bond donors (Lipinski definition) is 1. The smallest absolute Gasteiger partial charge is 0.273 e. The lowest BCUT2D eigenvalue weighted by Gasteiger charge is -2.06. The summed E-state index contributed by atoms with van der Waals surface area (Å²) in [5.74, 6) is -0.0333. The molecule has 1 rings (SSSR count). The summed E-state index contributed by atoms with van der Waals surface area (Å²) in [6, 6.07) is 3.62. The molecule has 15 heavy (non-hydrogen) atoms. The molecule has 0 aliphatic rings. The Morgan fingerprint density at radius 3 is 2.87 bits per heavy atom. The highest BCUT2D eigenvalue weighted by Crippen LogP contribution is 2.30. The molecule has 5 heteroatoms. The van der Waals surface area contributed by atoms with Gasteiger partial charge in [0.15, 0.2) is 11.5 Å². The molecule has 0 aliphatic heterocycles. The summed E-state index contributed by atoms with van der Waals surface area (Å²) in [6.07, 6.45) is 0. The van der Waals surface area contributed by atoms with E-state index in [1.807, 2.05) is 0 Å². The lowest BCUT2D eigenvalue weighted by molar-refractivity contribution is -0.385. The maximum absolute atomic E-state index is 10.5. The third-order valence-corrected chi connectivity index (χ3v) is 1.63. The van der Waals surface area contributed by atoms with Gasteiger partial charge in [0.1, 0.15) is 6.61 Å². The van der Waals surface area contributed by atoms with Crippen molar-refractivity contribution in [1.29, 1.82) is 0 Å². The van der Waals surface area contributed by atoms with Crippen molar-refractivity contribution < 1.29 is 14.8 Å². The van der Waals surface area contributed by atoms with Crippen LogP contribution in [0, 0.1) is 10.1 Å². The first-order valence-electron chi connectivity index (χ1n) is 4.25. The van der Waals surface area contributed by atoms with Crippen LogP contribution in [-0.4, -0.2) is 16.6 Å². The molecule has 0 spiro atoms. The maximum Gasteiger partial charge on any atom is 0.273 e. The second kappa shape index (κ2) is 4.45. The van der Waals surface area contributed by atoms with Gasteiger partial charge in [-0.3, -0.25) is 10.1 Å². The quantitative estimate of drug-likeness (QED) is 0.469. The van der Waals surface area contributed by atoms with Crippen molar-refractivity contribution in [2.45, 2.75) is 6.92 Å². The van der Waals surface area contributed by atoms with Crippen molar-refractivity contribution in [3.05, 3.63) is 40.5 Å². The topological polar surface area (TPSA) is 72.6 Å². The Bertz CT molecular complexity index is 400. The van der Waals surface area contributed by atoms with E-state index in [-0.39, 0.29) is 23.8 Å². The van der Waals surface area contributed by atoms with Gasteiger partial charge in [0, 0.05) is 6.07 Å². The molecule has 0 aromatic heterocycles. The van der Waals surface area contributed by atoms with Crippen LogP contribution in [0.1, 0.15) is 6.92 Å². The van der Waals surface area contributed by atoms with E-state index < -0.39 is 4.92 Å². The standard InChI is InChI=1S/C10H11NO4/c1-7(2)6-15-10-5-8(11(13)14)3-4-9(10)12/h3-5,12H,1,6H2,2H3. The minimum Gasteiger partial charge on any atom is -0.504 e. The van der Waals surface area contributed by atoms with Crippen LogP contribution in [0.4, 0.5) is 5.69 Å². The van der Waals surface area contributed by atoms with Crippen LogP contribution >= 0.6 is 0 Å². The molecule has 0 fully saturated rings. The van der Waals surface area contributed by atoms with E-state index in [9.17, 15) is 15.2 Å². The molecule has 80 valence electrons. The fraction of sp³-hybridized carbons (Fsp3) is 0.200. The van der Waals surface area contributed by atoms with Crippen LogP contribution in [-0.2, 0) is 0 Å². The van der Waals surface area contributed by atoms with Crippen LogP contribution < -0.4 is 4.74 Å². The number of phenolic OH excluding ortho intramolecular Hbond substituents is 1. The van der Waals surface area contributed by atoms with E-state index in [4.69, 9.17) is 4.74 Å². The first kappa shape index (κ1) is 11.0. The Morgan fingerprint density at radius 2 is 2.33 bits per heavy atom. The zero-order valence-corrected chi connectivity index (χ0v) is 8.27. The summed E-state index contributed by atoms with van der Waals surface area (Å²) in [7, 11) is 0. The van der Waals surface area contributed by atoms with Gasteiger partial charge in [-0.1, -0.05) is 6.58 Å². The van der Waals surface area contributed by atoms with Crippen molar-refractivity contribution in [2.75, 3.05) is 6.61 Å². The highest BCUT2D eigenvalue weighted by atomic mass is 16.6. The Morgan fingerprint density at radius 1 is 1.67 bits per heavy atom. The summed E-state index contributed by atoms with van der Waals surface area (Å²) >= 11 is 0. The first-order valence-corrected chi connectivity index (χ1v) is 4.25. The van der Waals surface area contributed by atoms with Crippen molar-refractivity contribution in [3.8, 4) is 11.5 Å². The van der Waals surface area contributed by atoms with E-state index >= 15 is 0 Å². The predicted octanol–water partition coefficient (Wildman–Crippen LogP) is 2.26.